The number of nitrogens with one attached hydrogen (secondary N) is 1. The number of methoxy groups -OCH3 is 2. The van der Waals surface area contributed by atoms with Crippen LogP contribution in [0, 0.1) is 6.92 Å². The molecule has 1 aromatic carbocycles. The van der Waals surface area contributed by atoms with Crippen molar-refractivity contribution in [3.8, 4) is 5.75 Å². The van der Waals surface area contributed by atoms with Gasteiger partial charge in [0.2, 0.25) is 0 Å². The van der Waals surface area contributed by atoms with E-state index in [2.05, 4.69) is 10.3 Å². The summed E-state index contributed by atoms with van der Waals surface area (Å²) in [6.45, 7) is 2.43. The van der Waals surface area contributed by atoms with Gasteiger partial charge in [-0.25, -0.2) is 9.78 Å². The van der Waals surface area contributed by atoms with E-state index in [9.17, 15) is 4.79 Å². The van der Waals surface area contributed by atoms with Gasteiger partial charge in [0.1, 0.15) is 11.6 Å². The molecule has 0 atom stereocenters. The Kier molecular flexibility index (Phi) is 4.77. The highest BCUT2D eigenvalue weighted by Gasteiger charge is 2.10. The van der Waals surface area contributed by atoms with Crippen molar-refractivity contribution in [2.45, 2.75) is 13.5 Å². The maximum absolute atomic E-state index is 11.5. The Morgan fingerprint density at radius 2 is 1.86 bits per heavy atom. The van der Waals surface area contributed by atoms with Crippen molar-refractivity contribution in [3.63, 3.8) is 0 Å². The highest BCUT2D eigenvalue weighted by Crippen LogP contribution is 2.14. The van der Waals surface area contributed by atoms with Crippen LogP contribution in [0.4, 0.5) is 5.82 Å². The van der Waals surface area contributed by atoms with E-state index in [0.29, 0.717) is 17.8 Å². The van der Waals surface area contributed by atoms with Crippen LogP contribution in [0.5, 0.6) is 5.75 Å². The van der Waals surface area contributed by atoms with Crippen LogP contribution in [0.25, 0.3) is 0 Å². The fraction of sp³-hybridized carbons (Fsp3) is 0.250. The number of esters is 1. The number of rotatable bonds is 5. The third-order valence-electron chi connectivity index (χ3n) is 3.12. The van der Waals surface area contributed by atoms with Crippen LogP contribution in [0.1, 0.15) is 21.6 Å². The van der Waals surface area contributed by atoms with Gasteiger partial charge in [-0.1, -0.05) is 12.1 Å². The molecule has 5 nitrogen and oxygen atoms in total. The van der Waals surface area contributed by atoms with E-state index < -0.39 is 0 Å². The van der Waals surface area contributed by atoms with Crippen LogP contribution in [0.2, 0.25) is 0 Å². The Labute approximate surface area is 123 Å². The van der Waals surface area contributed by atoms with Gasteiger partial charge in [0.15, 0.2) is 0 Å². The zero-order valence-corrected chi connectivity index (χ0v) is 12.3. The lowest BCUT2D eigenvalue weighted by Crippen LogP contribution is -2.08. The maximum atomic E-state index is 11.5. The molecule has 0 unspecified atom stereocenters. The largest absolute Gasteiger partial charge is 0.497 e. The number of hydrogen-bond donors (Lipinski definition) is 1. The minimum Gasteiger partial charge on any atom is -0.497 e. The first-order valence-corrected chi connectivity index (χ1v) is 6.57. The van der Waals surface area contributed by atoms with Gasteiger partial charge in [-0.15, -0.1) is 0 Å². The fourth-order valence-corrected chi connectivity index (χ4v) is 1.92. The molecule has 0 aliphatic carbocycles. The Balaban J connectivity index is 2.03. The zero-order valence-electron chi connectivity index (χ0n) is 12.3. The van der Waals surface area contributed by atoms with Crippen LogP contribution < -0.4 is 10.1 Å². The van der Waals surface area contributed by atoms with Crippen molar-refractivity contribution >= 4 is 11.8 Å². The molecule has 1 heterocycles. The zero-order chi connectivity index (χ0) is 15.2. The first-order chi connectivity index (χ1) is 10.1. The van der Waals surface area contributed by atoms with Gasteiger partial charge in [0.25, 0.3) is 0 Å². The lowest BCUT2D eigenvalue weighted by atomic mass is 10.2. The molecule has 1 N–H and O–H groups in total. The summed E-state index contributed by atoms with van der Waals surface area (Å²) in [5.41, 5.74) is 2.24. The lowest BCUT2D eigenvalue weighted by Gasteiger charge is -2.09. The Morgan fingerprint density at radius 3 is 2.43 bits per heavy atom. The number of pyridine rings is 1. The van der Waals surface area contributed by atoms with Gasteiger partial charge < -0.3 is 14.8 Å². The smallest absolute Gasteiger partial charge is 0.339 e. The average molecular weight is 286 g/mol. The molecule has 1 aromatic heterocycles. The van der Waals surface area contributed by atoms with Crippen molar-refractivity contribution < 1.29 is 14.3 Å². The first kappa shape index (κ1) is 14.8. The summed E-state index contributed by atoms with van der Waals surface area (Å²) >= 11 is 0. The van der Waals surface area contributed by atoms with E-state index in [1.54, 1.807) is 26.2 Å². The molecule has 0 bridgehead atoms. The second-order valence-electron chi connectivity index (χ2n) is 4.52. The number of benzene rings is 1. The highest BCUT2D eigenvalue weighted by atomic mass is 16.5. The molecule has 0 aliphatic rings. The summed E-state index contributed by atoms with van der Waals surface area (Å²) in [7, 11) is 3.00. The van der Waals surface area contributed by atoms with Crippen molar-refractivity contribution in [3.05, 3.63) is 53.2 Å². The third-order valence-corrected chi connectivity index (χ3v) is 3.12. The van der Waals surface area contributed by atoms with Gasteiger partial charge >= 0.3 is 5.97 Å². The molecule has 0 saturated carbocycles. The number of carbonyl (C=O) groups is 1. The normalized spacial score (nSPS) is 10.0. The molecule has 0 amide bonds. The molecule has 5 heteroatoms. The number of nitrogens with zero attached hydrogens (tertiary/aromatic N) is 1. The van der Waals surface area contributed by atoms with Gasteiger partial charge in [-0.2, -0.15) is 0 Å². The Hall–Kier alpha value is -2.56. The number of anilines is 1. The van der Waals surface area contributed by atoms with Crippen molar-refractivity contribution in [2.24, 2.45) is 0 Å². The molecule has 2 aromatic rings. The van der Waals surface area contributed by atoms with Gasteiger partial charge in [-0.3, -0.25) is 0 Å². The number of hydrogen-bond acceptors (Lipinski definition) is 5. The van der Waals surface area contributed by atoms with Crippen LogP contribution >= 0.6 is 0 Å². The molecule has 0 aliphatic heterocycles. The van der Waals surface area contributed by atoms with Crippen molar-refractivity contribution in [2.75, 3.05) is 19.5 Å². The first-order valence-electron chi connectivity index (χ1n) is 6.57. The predicted octanol–water partition coefficient (Wildman–Crippen LogP) is 2.80. The van der Waals surface area contributed by atoms with E-state index in [-0.39, 0.29) is 5.97 Å². The lowest BCUT2D eigenvalue weighted by molar-refractivity contribution is 0.0599. The fourth-order valence-electron chi connectivity index (χ4n) is 1.92. The Morgan fingerprint density at radius 1 is 1.14 bits per heavy atom. The van der Waals surface area contributed by atoms with E-state index in [4.69, 9.17) is 9.47 Å². The topological polar surface area (TPSA) is 60.5 Å². The molecule has 0 radical (unpaired) electrons. The number of ether oxygens (including phenoxy) is 2. The Bertz CT molecular complexity index is 624. The summed E-state index contributed by atoms with van der Waals surface area (Å²) in [5, 5.41) is 3.22. The van der Waals surface area contributed by atoms with Crippen molar-refractivity contribution in [1.29, 1.82) is 0 Å². The van der Waals surface area contributed by atoms with Crippen LogP contribution in [-0.4, -0.2) is 25.2 Å². The monoisotopic (exact) mass is 286 g/mol. The minimum absolute atomic E-state index is 0.373. The van der Waals surface area contributed by atoms with Crippen LogP contribution in [0.15, 0.2) is 36.4 Å². The molecule has 0 spiro atoms. The predicted molar refractivity (Wildman–Crippen MR) is 80.6 cm³/mol. The summed E-state index contributed by atoms with van der Waals surface area (Å²) in [6, 6.07) is 11.3. The molecular weight excluding hydrogens is 268 g/mol. The second kappa shape index (κ2) is 6.74. The van der Waals surface area contributed by atoms with Gasteiger partial charge in [0, 0.05) is 6.54 Å². The van der Waals surface area contributed by atoms with E-state index >= 15 is 0 Å². The number of aromatic nitrogens is 1. The number of carbonyl (C=O) groups excluding carboxylic acids is 1. The van der Waals surface area contributed by atoms with Gasteiger partial charge in [-0.05, 0) is 36.8 Å². The van der Waals surface area contributed by atoms with Crippen LogP contribution in [0.3, 0.4) is 0 Å². The maximum Gasteiger partial charge on any atom is 0.339 e. The summed E-state index contributed by atoms with van der Waals surface area (Å²) in [6.07, 6.45) is 0. The minimum atomic E-state index is -0.373. The van der Waals surface area contributed by atoms with E-state index in [1.165, 1.54) is 7.11 Å². The molecule has 21 heavy (non-hydrogen) atoms. The molecule has 0 saturated heterocycles. The van der Waals surface area contributed by atoms with E-state index in [1.807, 2.05) is 24.3 Å². The summed E-state index contributed by atoms with van der Waals surface area (Å²) in [5.74, 6) is 1.17. The average Bonchev–Trinajstić information content (AvgIpc) is 2.52. The van der Waals surface area contributed by atoms with Crippen molar-refractivity contribution in [1.82, 2.24) is 4.98 Å². The second-order valence-corrected chi connectivity index (χ2v) is 4.52. The van der Waals surface area contributed by atoms with E-state index in [0.717, 1.165) is 17.1 Å². The van der Waals surface area contributed by atoms with Gasteiger partial charge in [0.05, 0.1) is 25.5 Å². The summed E-state index contributed by atoms with van der Waals surface area (Å²) in [4.78, 5) is 15.8. The van der Waals surface area contributed by atoms with Crippen LogP contribution in [-0.2, 0) is 11.3 Å². The molecule has 110 valence electrons. The SMILES string of the molecule is COC(=O)c1ccc(NCc2ccc(OC)cc2)nc1C. The standard InChI is InChI=1S/C16H18N2O3/c1-11-14(16(19)21-3)8-9-15(18-11)17-10-12-4-6-13(20-2)7-5-12/h4-9H,10H2,1-3H3,(H,17,18). The highest BCUT2D eigenvalue weighted by molar-refractivity contribution is 5.90. The molecule has 0 fully saturated rings. The summed E-state index contributed by atoms with van der Waals surface area (Å²) < 4.78 is 9.81. The molecular formula is C16H18N2O3. The third kappa shape index (κ3) is 3.72. The molecule has 2 rings (SSSR count). The number of aryl methyl sites for hydroxylation is 1. The quantitative estimate of drug-likeness (QED) is 0.856.